The molecule has 1 aromatic carbocycles. The first-order chi connectivity index (χ1) is 9.52. The number of carbonyl (C=O) groups excluding carboxylic acids is 1. The molecule has 110 valence electrons. The topological polar surface area (TPSA) is 35.6 Å². The fourth-order valence-electron chi connectivity index (χ4n) is 2.96. The number of nitrogens with one attached hydrogen (secondary N) is 1. The van der Waals surface area contributed by atoms with Crippen molar-refractivity contribution < 1.29 is 4.79 Å². The lowest BCUT2D eigenvalue weighted by Gasteiger charge is -2.32. The van der Waals surface area contributed by atoms with Gasteiger partial charge in [-0.3, -0.25) is 4.79 Å². The minimum absolute atomic E-state index is 0.114. The van der Waals surface area contributed by atoms with E-state index in [4.69, 9.17) is 0 Å². The van der Waals surface area contributed by atoms with Crippen molar-refractivity contribution in [3.8, 4) is 0 Å². The molecular weight excluding hydrogens is 250 g/mol. The maximum Gasteiger partial charge on any atom is 0.245 e. The van der Waals surface area contributed by atoms with Crippen LogP contribution in [0.15, 0.2) is 24.3 Å². The molecular formula is C16H25N3O. The maximum absolute atomic E-state index is 12.7. The molecule has 20 heavy (non-hydrogen) atoms. The fraction of sp³-hybridized carbons (Fsp3) is 0.562. The molecule has 1 heterocycles. The van der Waals surface area contributed by atoms with Crippen molar-refractivity contribution in [1.82, 2.24) is 9.80 Å². The number of carbonyl (C=O) groups is 1. The van der Waals surface area contributed by atoms with Gasteiger partial charge in [-0.25, -0.2) is 0 Å². The van der Waals surface area contributed by atoms with E-state index in [0.717, 1.165) is 25.2 Å². The van der Waals surface area contributed by atoms with E-state index in [1.165, 1.54) is 5.56 Å². The normalized spacial score (nSPS) is 18.6. The number of para-hydroxylation sites is 1. The minimum atomic E-state index is -0.114. The summed E-state index contributed by atoms with van der Waals surface area (Å²) < 4.78 is 0. The molecule has 2 atom stereocenters. The van der Waals surface area contributed by atoms with Crippen molar-refractivity contribution in [3.05, 3.63) is 29.8 Å². The van der Waals surface area contributed by atoms with Gasteiger partial charge in [-0.2, -0.15) is 0 Å². The number of likely N-dealkylation sites (N-methyl/N-ethyl adjacent to an activating group) is 2. The zero-order chi connectivity index (χ0) is 14.7. The van der Waals surface area contributed by atoms with Gasteiger partial charge in [0.2, 0.25) is 5.91 Å². The number of hydrogen-bond acceptors (Lipinski definition) is 3. The van der Waals surface area contributed by atoms with E-state index in [-0.39, 0.29) is 18.0 Å². The van der Waals surface area contributed by atoms with Crippen molar-refractivity contribution in [2.75, 3.05) is 32.5 Å². The molecule has 4 nitrogen and oxygen atoms in total. The van der Waals surface area contributed by atoms with Gasteiger partial charge in [0.05, 0.1) is 0 Å². The summed E-state index contributed by atoms with van der Waals surface area (Å²) in [4.78, 5) is 16.8. The third-order valence-electron chi connectivity index (χ3n) is 3.85. The van der Waals surface area contributed by atoms with E-state index >= 15 is 0 Å². The van der Waals surface area contributed by atoms with Crippen LogP contribution in [0.5, 0.6) is 0 Å². The van der Waals surface area contributed by atoms with Gasteiger partial charge < -0.3 is 15.1 Å². The number of rotatable bonds is 5. The van der Waals surface area contributed by atoms with Gasteiger partial charge in [0.25, 0.3) is 0 Å². The number of fused-ring (bicyclic) bond motifs is 1. The zero-order valence-electron chi connectivity index (χ0n) is 12.9. The van der Waals surface area contributed by atoms with Crippen LogP contribution >= 0.6 is 0 Å². The summed E-state index contributed by atoms with van der Waals surface area (Å²) in [6, 6.07) is 8.28. The number of amides is 1. The van der Waals surface area contributed by atoms with Crippen molar-refractivity contribution in [2.45, 2.75) is 32.4 Å². The summed E-state index contributed by atoms with van der Waals surface area (Å²) in [6.45, 7) is 5.80. The van der Waals surface area contributed by atoms with Crippen molar-refractivity contribution in [1.29, 1.82) is 0 Å². The van der Waals surface area contributed by atoms with Crippen LogP contribution in [0.2, 0.25) is 0 Å². The molecule has 0 radical (unpaired) electrons. The number of anilines is 1. The molecule has 0 saturated heterocycles. The van der Waals surface area contributed by atoms with Gasteiger partial charge in [-0.15, -0.1) is 0 Å². The van der Waals surface area contributed by atoms with Crippen molar-refractivity contribution >= 4 is 11.6 Å². The molecule has 0 aromatic heterocycles. The smallest absolute Gasteiger partial charge is 0.245 e. The zero-order valence-corrected chi connectivity index (χ0v) is 12.9. The van der Waals surface area contributed by atoms with Crippen LogP contribution in [-0.4, -0.2) is 55.0 Å². The van der Waals surface area contributed by atoms with E-state index in [1.807, 2.05) is 44.1 Å². The van der Waals surface area contributed by atoms with Crippen LogP contribution < -0.4 is 5.32 Å². The minimum Gasteiger partial charge on any atom is -0.373 e. The van der Waals surface area contributed by atoms with E-state index in [2.05, 4.69) is 23.2 Å². The van der Waals surface area contributed by atoms with E-state index < -0.39 is 0 Å². The summed E-state index contributed by atoms with van der Waals surface area (Å²) in [5, 5.41) is 3.35. The van der Waals surface area contributed by atoms with Gasteiger partial charge in [-0.1, -0.05) is 18.2 Å². The Morgan fingerprint density at radius 1 is 1.40 bits per heavy atom. The lowest BCUT2D eigenvalue weighted by molar-refractivity contribution is -0.133. The molecule has 0 fully saturated rings. The van der Waals surface area contributed by atoms with Crippen LogP contribution in [0.1, 0.15) is 19.4 Å². The molecule has 1 N–H and O–H groups in total. The first-order valence-electron chi connectivity index (χ1n) is 7.32. The van der Waals surface area contributed by atoms with Crippen LogP contribution in [0, 0.1) is 0 Å². The largest absolute Gasteiger partial charge is 0.373 e. The highest BCUT2D eigenvalue weighted by Crippen LogP contribution is 2.26. The van der Waals surface area contributed by atoms with Gasteiger partial charge in [-0.05, 0) is 39.6 Å². The van der Waals surface area contributed by atoms with Crippen LogP contribution in [-0.2, 0) is 11.2 Å². The predicted octanol–water partition coefficient (Wildman–Crippen LogP) is 1.82. The van der Waals surface area contributed by atoms with Crippen molar-refractivity contribution in [2.24, 2.45) is 0 Å². The molecule has 0 spiro atoms. The molecule has 0 saturated carbocycles. The lowest BCUT2D eigenvalue weighted by Crippen LogP contribution is -2.49. The standard InChI is InChI=1S/C16H25N3O/c1-5-19(12(2)11-18(3)4)16(20)15-10-13-8-6-7-9-14(13)17-15/h6-9,12,15,17H,5,10-11H2,1-4H3/t12?,15-/m0/s1. The second-order valence-electron chi connectivity index (χ2n) is 5.79. The van der Waals surface area contributed by atoms with Gasteiger partial charge in [0.1, 0.15) is 6.04 Å². The molecule has 1 amide bonds. The summed E-state index contributed by atoms with van der Waals surface area (Å²) in [5.41, 5.74) is 2.34. The monoisotopic (exact) mass is 275 g/mol. The fourth-order valence-corrected chi connectivity index (χ4v) is 2.96. The van der Waals surface area contributed by atoms with E-state index in [9.17, 15) is 4.79 Å². The summed E-state index contributed by atoms with van der Waals surface area (Å²) in [6.07, 6.45) is 0.792. The lowest BCUT2D eigenvalue weighted by atomic mass is 10.1. The average Bonchev–Trinajstić information content (AvgIpc) is 2.82. The highest BCUT2D eigenvalue weighted by Gasteiger charge is 2.31. The predicted molar refractivity (Wildman–Crippen MR) is 83.0 cm³/mol. The Hall–Kier alpha value is -1.55. The number of hydrogen-bond donors (Lipinski definition) is 1. The molecule has 1 aromatic rings. The highest BCUT2D eigenvalue weighted by atomic mass is 16.2. The summed E-state index contributed by atoms with van der Waals surface area (Å²) in [7, 11) is 4.08. The second-order valence-corrected chi connectivity index (χ2v) is 5.79. The third-order valence-corrected chi connectivity index (χ3v) is 3.85. The molecule has 1 unspecified atom stereocenters. The van der Waals surface area contributed by atoms with Crippen molar-refractivity contribution in [3.63, 3.8) is 0 Å². The summed E-state index contributed by atoms with van der Waals surface area (Å²) >= 11 is 0. The molecule has 2 rings (SSSR count). The molecule has 0 aliphatic carbocycles. The van der Waals surface area contributed by atoms with Gasteiger partial charge in [0.15, 0.2) is 0 Å². The van der Waals surface area contributed by atoms with Gasteiger partial charge >= 0.3 is 0 Å². The van der Waals surface area contributed by atoms with Crippen LogP contribution in [0.3, 0.4) is 0 Å². The number of benzene rings is 1. The van der Waals surface area contributed by atoms with E-state index in [0.29, 0.717) is 0 Å². The Bertz CT molecular complexity index is 448. The molecule has 1 aliphatic rings. The van der Waals surface area contributed by atoms with E-state index in [1.54, 1.807) is 0 Å². The summed E-state index contributed by atoms with van der Waals surface area (Å²) in [5.74, 6) is 0.207. The van der Waals surface area contributed by atoms with Crippen LogP contribution in [0.25, 0.3) is 0 Å². The Morgan fingerprint density at radius 3 is 2.70 bits per heavy atom. The molecule has 4 heteroatoms. The van der Waals surface area contributed by atoms with Crippen LogP contribution in [0.4, 0.5) is 5.69 Å². The maximum atomic E-state index is 12.7. The average molecular weight is 275 g/mol. The Balaban J connectivity index is 2.04. The Morgan fingerprint density at radius 2 is 2.10 bits per heavy atom. The Labute approximate surface area is 121 Å². The first kappa shape index (κ1) is 14.9. The first-order valence-corrected chi connectivity index (χ1v) is 7.32. The highest BCUT2D eigenvalue weighted by molar-refractivity contribution is 5.87. The molecule has 1 aliphatic heterocycles. The van der Waals surface area contributed by atoms with Gasteiger partial charge in [0, 0.05) is 31.2 Å². The second kappa shape index (κ2) is 6.27. The quantitative estimate of drug-likeness (QED) is 0.890. The number of nitrogens with zero attached hydrogens (tertiary/aromatic N) is 2. The molecule has 0 bridgehead atoms. The third kappa shape index (κ3) is 3.12. The SMILES string of the molecule is CCN(C(=O)[C@@H]1Cc2ccccc2N1)C(C)CN(C)C. The Kier molecular flexibility index (Phi) is 4.65.